The minimum absolute atomic E-state index is 0.0684. The molecule has 1 unspecified atom stereocenters. The van der Waals surface area contributed by atoms with E-state index in [0.717, 1.165) is 49.9 Å². The maximum atomic E-state index is 12.6. The highest BCUT2D eigenvalue weighted by atomic mass is 16.5. The minimum Gasteiger partial charge on any atom is -0.454 e. The Balaban J connectivity index is 1.63. The highest BCUT2D eigenvalue weighted by Crippen LogP contribution is 2.20. The van der Waals surface area contributed by atoms with E-state index in [1.165, 1.54) is 77.0 Å². The lowest BCUT2D eigenvalue weighted by Gasteiger charge is -2.40. The lowest BCUT2D eigenvalue weighted by molar-refractivity contribution is -0.916. The summed E-state index contributed by atoms with van der Waals surface area (Å²) in [6.07, 6.45) is 19.8. The van der Waals surface area contributed by atoms with Crippen LogP contribution in [0, 0.1) is 0 Å². The highest BCUT2D eigenvalue weighted by Gasteiger charge is 2.33. The Morgan fingerprint density at radius 3 is 2.06 bits per heavy atom. The molecule has 5 heteroatoms. The van der Waals surface area contributed by atoms with Gasteiger partial charge < -0.3 is 14.1 Å². The summed E-state index contributed by atoms with van der Waals surface area (Å²) in [7, 11) is 2.29. The second kappa shape index (κ2) is 15.7. The first kappa shape index (κ1) is 27.1. The Morgan fingerprint density at radius 2 is 1.50 bits per heavy atom. The topological polar surface area (TPSA) is 46.6 Å². The number of hydrogen-bond acceptors (Lipinski definition) is 3. The van der Waals surface area contributed by atoms with Gasteiger partial charge in [0, 0.05) is 19.4 Å². The number of unbranched alkanes of at least 4 members (excludes halogenated alkanes) is 10. The van der Waals surface area contributed by atoms with Gasteiger partial charge in [-0.05, 0) is 32.1 Å². The number of likely N-dealkylation sites (tertiary alicyclic amines) is 2. The molecular weight excluding hydrogens is 400 g/mol. The van der Waals surface area contributed by atoms with E-state index in [2.05, 4.69) is 14.0 Å². The molecule has 0 radical (unpaired) electrons. The van der Waals surface area contributed by atoms with Crippen LogP contribution < -0.4 is 0 Å². The maximum Gasteiger partial charge on any atom is 0.306 e. The molecule has 0 aliphatic carbocycles. The van der Waals surface area contributed by atoms with Crippen LogP contribution in [0.2, 0.25) is 0 Å². The van der Waals surface area contributed by atoms with Crippen LogP contribution >= 0.6 is 0 Å². The number of esters is 1. The molecular formula is C27H51N2O3+. The van der Waals surface area contributed by atoms with E-state index in [9.17, 15) is 9.59 Å². The minimum atomic E-state index is -0.166. The van der Waals surface area contributed by atoms with E-state index < -0.39 is 0 Å². The van der Waals surface area contributed by atoms with Gasteiger partial charge in [-0.3, -0.25) is 9.59 Å². The van der Waals surface area contributed by atoms with Gasteiger partial charge in [-0.1, -0.05) is 71.1 Å². The van der Waals surface area contributed by atoms with E-state index in [-0.39, 0.29) is 18.0 Å². The third kappa shape index (κ3) is 11.2. The van der Waals surface area contributed by atoms with E-state index >= 15 is 0 Å². The standard InChI is InChI=1S/C27H51N2O3/c1-3-4-5-6-7-8-9-10-11-12-14-19-27(31)32-25(23-28-20-17-18-26(28)30)24-29(2)21-15-13-16-22-29/h25H,3-24H2,1-2H3/q+1. The molecule has 0 aromatic rings. The molecule has 2 fully saturated rings. The molecule has 0 aromatic heterocycles. The summed E-state index contributed by atoms with van der Waals surface area (Å²) in [5.41, 5.74) is 0. The fourth-order valence-electron chi connectivity index (χ4n) is 5.40. The normalized spacial score (nSPS) is 19.3. The monoisotopic (exact) mass is 451 g/mol. The predicted octanol–water partition coefficient (Wildman–Crippen LogP) is 5.85. The van der Waals surface area contributed by atoms with Crippen LogP contribution in [0.15, 0.2) is 0 Å². The Hall–Kier alpha value is -1.10. The van der Waals surface area contributed by atoms with Gasteiger partial charge in [0.15, 0.2) is 6.10 Å². The molecule has 0 aromatic carbocycles. The number of likely N-dealkylation sites (N-methyl/N-ethyl adjacent to an activating group) is 1. The third-order valence-corrected chi connectivity index (χ3v) is 7.42. The van der Waals surface area contributed by atoms with Crippen molar-refractivity contribution < 1.29 is 18.8 Å². The average molecular weight is 452 g/mol. The molecule has 0 saturated carbocycles. The third-order valence-electron chi connectivity index (χ3n) is 7.42. The molecule has 0 N–H and O–H groups in total. The number of piperidine rings is 1. The van der Waals surface area contributed by atoms with Crippen LogP contribution in [-0.4, -0.2) is 67.1 Å². The summed E-state index contributed by atoms with van der Waals surface area (Å²) in [6.45, 7) is 6.81. The van der Waals surface area contributed by atoms with E-state index in [1.54, 1.807) is 0 Å². The van der Waals surface area contributed by atoms with Gasteiger partial charge >= 0.3 is 5.97 Å². The van der Waals surface area contributed by atoms with Crippen LogP contribution in [-0.2, 0) is 14.3 Å². The van der Waals surface area contributed by atoms with Gasteiger partial charge in [0.2, 0.25) is 5.91 Å². The molecule has 0 spiro atoms. The van der Waals surface area contributed by atoms with Crippen LogP contribution in [0.3, 0.4) is 0 Å². The zero-order valence-electron chi connectivity index (χ0n) is 21.3. The van der Waals surface area contributed by atoms with E-state index in [0.29, 0.717) is 19.4 Å². The van der Waals surface area contributed by atoms with Gasteiger partial charge in [0.05, 0.1) is 26.7 Å². The average Bonchev–Trinajstić information content (AvgIpc) is 3.16. The molecule has 32 heavy (non-hydrogen) atoms. The van der Waals surface area contributed by atoms with Gasteiger partial charge in [-0.25, -0.2) is 0 Å². The van der Waals surface area contributed by atoms with Crippen molar-refractivity contribution in [2.24, 2.45) is 0 Å². The zero-order valence-corrected chi connectivity index (χ0v) is 21.3. The van der Waals surface area contributed by atoms with Crippen LogP contribution in [0.4, 0.5) is 0 Å². The van der Waals surface area contributed by atoms with Crippen LogP contribution in [0.25, 0.3) is 0 Å². The number of rotatable bonds is 17. The Bertz CT molecular complexity index is 531. The quantitative estimate of drug-likeness (QED) is 0.158. The van der Waals surface area contributed by atoms with Crippen LogP contribution in [0.1, 0.15) is 116 Å². The van der Waals surface area contributed by atoms with Crippen molar-refractivity contribution in [1.82, 2.24) is 4.90 Å². The number of amides is 1. The summed E-state index contributed by atoms with van der Waals surface area (Å²) in [5, 5.41) is 0. The fourth-order valence-corrected chi connectivity index (χ4v) is 5.40. The van der Waals surface area contributed by atoms with E-state index in [1.807, 2.05) is 4.90 Å². The Labute approximate surface area is 197 Å². The summed E-state index contributed by atoms with van der Waals surface area (Å²) < 4.78 is 6.94. The SMILES string of the molecule is CCCCCCCCCCCCCC(=O)OC(CN1CCCC1=O)C[N+]1(C)CCCCC1. The molecule has 0 bridgehead atoms. The molecule has 2 heterocycles. The molecule has 2 aliphatic rings. The molecule has 5 nitrogen and oxygen atoms in total. The summed E-state index contributed by atoms with van der Waals surface area (Å²) >= 11 is 0. The fraction of sp³-hybridized carbons (Fsp3) is 0.926. The number of hydrogen-bond donors (Lipinski definition) is 0. The molecule has 186 valence electrons. The Kier molecular flexibility index (Phi) is 13.3. The predicted molar refractivity (Wildman–Crippen MR) is 131 cm³/mol. The van der Waals surface area contributed by atoms with Gasteiger partial charge in [-0.2, -0.15) is 0 Å². The largest absolute Gasteiger partial charge is 0.454 e. The number of ether oxygens (including phenoxy) is 1. The number of carbonyl (C=O) groups is 2. The molecule has 2 rings (SSSR count). The molecule has 1 atom stereocenters. The lowest BCUT2D eigenvalue weighted by atomic mass is 10.1. The number of carbonyl (C=O) groups excluding carboxylic acids is 2. The molecule has 2 saturated heterocycles. The summed E-state index contributed by atoms with van der Waals surface area (Å²) in [4.78, 5) is 26.6. The second-order valence-corrected chi connectivity index (χ2v) is 10.7. The van der Waals surface area contributed by atoms with Crippen molar-refractivity contribution in [3.05, 3.63) is 0 Å². The first-order chi connectivity index (χ1) is 15.5. The van der Waals surface area contributed by atoms with Gasteiger partial charge in [-0.15, -0.1) is 0 Å². The first-order valence-corrected chi connectivity index (χ1v) is 13.8. The number of nitrogens with zero attached hydrogens (tertiary/aromatic N) is 2. The molecule has 2 aliphatic heterocycles. The van der Waals surface area contributed by atoms with Gasteiger partial charge in [0.1, 0.15) is 6.54 Å². The molecule has 1 amide bonds. The van der Waals surface area contributed by atoms with Crippen molar-refractivity contribution >= 4 is 11.9 Å². The zero-order chi connectivity index (χ0) is 23.1. The summed E-state index contributed by atoms with van der Waals surface area (Å²) in [5.74, 6) is 0.152. The van der Waals surface area contributed by atoms with Gasteiger partial charge in [0.25, 0.3) is 0 Å². The van der Waals surface area contributed by atoms with Crippen molar-refractivity contribution in [2.45, 2.75) is 122 Å². The lowest BCUT2D eigenvalue weighted by Crippen LogP contribution is -2.54. The van der Waals surface area contributed by atoms with Crippen molar-refractivity contribution in [3.63, 3.8) is 0 Å². The van der Waals surface area contributed by atoms with Crippen molar-refractivity contribution in [3.8, 4) is 0 Å². The first-order valence-electron chi connectivity index (χ1n) is 13.8. The second-order valence-electron chi connectivity index (χ2n) is 10.7. The van der Waals surface area contributed by atoms with Crippen molar-refractivity contribution in [1.29, 1.82) is 0 Å². The smallest absolute Gasteiger partial charge is 0.306 e. The maximum absolute atomic E-state index is 12.6. The summed E-state index contributed by atoms with van der Waals surface area (Å²) in [6, 6.07) is 0. The van der Waals surface area contributed by atoms with E-state index in [4.69, 9.17) is 4.74 Å². The highest BCUT2D eigenvalue weighted by molar-refractivity contribution is 5.78. The Morgan fingerprint density at radius 1 is 0.906 bits per heavy atom. The van der Waals surface area contributed by atoms with Crippen LogP contribution in [0.5, 0.6) is 0 Å². The number of quaternary nitrogens is 1. The van der Waals surface area contributed by atoms with Crippen molar-refractivity contribution in [2.75, 3.05) is 39.8 Å².